The lowest BCUT2D eigenvalue weighted by Crippen LogP contribution is -2.36. The highest BCUT2D eigenvalue weighted by atomic mass is 35.5. The van der Waals surface area contributed by atoms with E-state index in [-0.39, 0.29) is 22.4 Å². The topological polar surface area (TPSA) is 43.1 Å². The standard InChI is InChI=1S/C25H30ClFN4O/c1-18(24-23(26)25(32)31(29(24)2)22-10-8-21(27)9-11-22)30-15-12-19(13-16-30)5-3-6-20-7-4-14-28-17-20/h4,7-11,14,17-19H,3,5-6,12-13,15-16H2,1-2H3. The zero-order valence-electron chi connectivity index (χ0n) is 18.7. The largest absolute Gasteiger partial charge is 0.295 e. The minimum atomic E-state index is -0.334. The van der Waals surface area contributed by atoms with E-state index in [1.807, 2.05) is 30.2 Å². The quantitative estimate of drug-likeness (QED) is 0.493. The van der Waals surface area contributed by atoms with Crippen molar-refractivity contribution >= 4 is 11.6 Å². The van der Waals surface area contributed by atoms with Gasteiger partial charge in [-0.15, -0.1) is 0 Å². The molecule has 1 atom stereocenters. The molecule has 1 fully saturated rings. The predicted molar refractivity (Wildman–Crippen MR) is 126 cm³/mol. The molecule has 170 valence electrons. The van der Waals surface area contributed by atoms with E-state index in [9.17, 15) is 9.18 Å². The molecule has 0 spiro atoms. The fraction of sp³-hybridized carbons (Fsp3) is 0.440. The monoisotopic (exact) mass is 456 g/mol. The third-order valence-electron chi connectivity index (χ3n) is 6.72. The van der Waals surface area contributed by atoms with Gasteiger partial charge in [-0.25, -0.2) is 9.07 Å². The van der Waals surface area contributed by atoms with Crippen molar-refractivity contribution < 1.29 is 4.39 Å². The van der Waals surface area contributed by atoms with Gasteiger partial charge in [0.2, 0.25) is 0 Å². The molecule has 0 bridgehead atoms. The van der Waals surface area contributed by atoms with Crippen LogP contribution >= 0.6 is 11.6 Å². The smallest absolute Gasteiger partial charge is 0.290 e. The van der Waals surface area contributed by atoms with E-state index in [0.29, 0.717) is 5.69 Å². The van der Waals surface area contributed by atoms with Gasteiger partial charge in [-0.3, -0.25) is 19.4 Å². The fourth-order valence-corrected chi connectivity index (χ4v) is 5.22. The Bertz CT molecular complexity index is 1090. The number of halogens is 2. The van der Waals surface area contributed by atoms with Crippen molar-refractivity contribution in [1.82, 2.24) is 19.2 Å². The van der Waals surface area contributed by atoms with E-state index in [1.54, 1.807) is 12.1 Å². The number of hydrogen-bond acceptors (Lipinski definition) is 3. The number of pyridine rings is 1. The molecule has 0 amide bonds. The summed E-state index contributed by atoms with van der Waals surface area (Å²) in [5, 5.41) is 0.239. The van der Waals surface area contributed by atoms with E-state index in [1.165, 1.54) is 35.2 Å². The number of hydrogen-bond donors (Lipinski definition) is 0. The molecule has 0 radical (unpaired) electrons. The van der Waals surface area contributed by atoms with Crippen LogP contribution in [0.5, 0.6) is 0 Å². The molecule has 0 N–H and O–H groups in total. The molecule has 32 heavy (non-hydrogen) atoms. The minimum absolute atomic E-state index is 0.0261. The molecular formula is C25H30ClFN4O. The van der Waals surface area contributed by atoms with Crippen molar-refractivity contribution in [2.45, 2.75) is 45.1 Å². The summed E-state index contributed by atoms with van der Waals surface area (Å²) in [6.45, 7) is 4.09. The fourth-order valence-electron chi connectivity index (χ4n) is 4.86. The number of rotatable bonds is 7. The van der Waals surface area contributed by atoms with Crippen LogP contribution in [0.3, 0.4) is 0 Å². The van der Waals surface area contributed by atoms with Crippen molar-refractivity contribution in [3.8, 4) is 5.69 Å². The second-order valence-electron chi connectivity index (χ2n) is 8.73. The van der Waals surface area contributed by atoms with Crippen LogP contribution in [0.25, 0.3) is 5.69 Å². The van der Waals surface area contributed by atoms with Gasteiger partial charge in [-0.1, -0.05) is 24.1 Å². The highest BCUT2D eigenvalue weighted by molar-refractivity contribution is 6.31. The lowest BCUT2D eigenvalue weighted by Gasteiger charge is -2.36. The average Bonchev–Trinajstić information content (AvgIpc) is 3.03. The zero-order valence-corrected chi connectivity index (χ0v) is 19.4. The van der Waals surface area contributed by atoms with Crippen LogP contribution < -0.4 is 5.56 Å². The minimum Gasteiger partial charge on any atom is -0.295 e. The first-order valence-electron chi connectivity index (χ1n) is 11.3. The summed E-state index contributed by atoms with van der Waals surface area (Å²) < 4.78 is 16.6. The maximum Gasteiger partial charge on any atom is 0.290 e. The number of piperidine rings is 1. The van der Waals surface area contributed by atoms with Gasteiger partial charge in [0.15, 0.2) is 0 Å². The van der Waals surface area contributed by atoms with Gasteiger partial charge >= 0.3 is 0 Å². The Morgan fingerprint density at radius 2 is 1.91 bits per heavy atom. The summed E-state index contributed by atoms with van der Waals surface area (Å²) in [5.74, 6) is 0.400. The molecule has 3 heterocycles. The molecule has 7 heteroatoms. The van der Waals surface area contributed by atoms with Crippen LogP contribution in [-0.2, 0) is 13.5 Å². The van der Waals surface area contributed by atoms with E-state index < -0.39 is 0 Å². The van der Waals surface area contributed by atoms with Crippen LogP contribution in [0.15, 0.2) is 53.6 Å². The van der Waals surface area contributed by atoms with E-state index in [2.05, 4.69) is 22.9 Å². The number of benzene rings is 1. The van der Waals surface area contributed by atoms with Crippen molar-refractivity contribution in [3.05, 3.63) is 81.2 Å². The average molecular weight is 457 g/mol. The van der Waals surface area contributed by atoms with Gasteiger partial charge in [0.05, 0.1) is 17.4 Å². The van der Waals surface area contributed by atoms with Crippen LogP contribution in [0.1, 0.15) is 49.9 Å². The summed E-state index contributed by atoms with van der Waals surface area (Å²) in [7, 11) is 1.84. The summed E-state index contributed by atoms with van der Waals surface area (Å²) in [6, 6.07) is 10.1. The number of likely N-dealkylation sites (tertiary alicyclic amines) is 1. The molecular weight excluding hydrogens is 427 g/mol. The summed E-state index contributed by atoms with van der Waals surface area (Å²) in [4.78, 5) is 19.5. The van der Waals surface area contributed by atoms with Gasteiger partial charge in [0, 0.05) is 19.4 Å². The lowest BCUT2D eigenvalue weighted by atomic mass is 9.90. The molecule has 1 unspecified atom stereocenters. The van der Waals surface area contributed by atoms with Crippen LogP contribution in [-0.4, -0.2) is 32.3 Å². The van der Waals surface area contributed by atoms with Crippen LogP contribution in [0, 0.1) is 11.7 Å². The first-order valence-corrected chi connectivity index (χ1v) is 11.7. The number of aromatic nitrogens is 3. The molecule has 1 aromatic carbocycles. The molecule has 0 saturated carbocycles. The van der Waals surface area contributed by atoms with Gasteiger partial charge < -0.3 is 0 Å². The Labute approximate surface area is 193 Å². The number of aryl methyl sites for hydroxylation is 1. The van der Waals surface area contributed by atoms with Gasteiger partial charge in [0.1, 0.15) is 10.8 Å². The second-order valence-corrected chi connectivity index (χ2v) is 9.10. The predicted octanol–water partition coefficient (Wildman–Crippen LogP) is 5.16. The molecule has 3 aromatic rings. The highest BCUT2D eigenvalue weighted by Crippen LogP contribution is 2.31. The summed E-state index contributed by atoms with van der Waals surface area (Å²) in [5.41, 5.74) is 2.44. The molecule has 2 aromatic heterocycles. The van der Waals surface area contributed by atoms with Crippen molar-refractivity contribution in [2.75, 3.05) is 13.1 Å². The van der Waals surface area contributed by atoms with Crippen molar-refractivity contribution in [3.63, 3.8) is 0 Å². The molecule has 1 saturated heterocycles. The maximum atomic E-state index is 13.3. The summed E-state index contributed by atoms with van der Waals surface area (Å²) >= 11 is 6.51. The van der Waals surface area contributed by atoms with Crippen LogP contribution in [0.2, 0.25) is 5.02 Å². The third-order valence-corrected chi connectivity index (χ3v) is 7.07. The van der Waals surface area contributed by atoms with E-state index >= 15 is 0 Å². The van der Waals surface area contributed by atoms with Crippen molar-refractivity contribution in [1.29, 1.82) is 0 Å². The Kier molecular flexibility index (Phi) is 7.11. The highest BCUT2D eigenvalue weighted by Gasteiger charge is 2.29. The first kappa shape index (κ1) is 22.7. The second kappa shape index (κ2) is 10.0. The van der Waals surface area contributed by atoms with Crippen molar-refractivity contribution in [2.24, 2.45) is 13.0 Å². The SMILES string of the molecule is CC(c1c(Cl)c(=O)n(-c2ccc(F)cc2)n1C)N1CCC(CCCc2cccnc2)CC1. The van der Waals surface area contributed by atoms with E-state index in [0.717, 1.165) is 44.0 Å². The lowest BCUT2D eigenvalue weighted by molar-refractivity contribution is 0.132. The summed E-state index contributed by atoms with van der Waals surface area (Å²) in [6.07, 6.45) is 9.58. The Hall–Kier alpha value is -2.44. The molecule has 1 aliphatic rings. The van der Waals surface area contributed by atoms with Crippen LogP contribution in [0.4, 0.5) is 4.39 Å². The van der Waals surface area contributed by atoms with Gasteiger partial charge in [-0.2, -0.15) is 0 Å². The van der Waals surface area contributed by atoms with Gasteiger partial charge in [-0.05, 0) is 87.5 Å². The third kappa shape index (κ3) is 4.81. The van der Waals surface area contributed by atoms with E-state index in [4.69, 9.17) is 11.6 Å². The molecule has 0 aliphatic carbocycles. The molecule has 5 nitrogen and oxygen atoms in total. The Morgan fingerprint density at radius 1 is 1.19 bits per heavy atom. The zero-order chi connectivity index (χ0) is 22.7. The maximum absolute atomic E-state index is 13.3. The molecule has 4 rings (SSSR count). The molecule has 1 aliphatic heterocycles. The Morgan fingerprint density at radius 3 is 2.56 bits per heavy atom. The van der Waals surface area contributed by atoms with Gasteiger partial charge in [0.25, 0.3) is 5.56 Å². The Balaban J connectivity index is 1.39. The number of nitrogens with zero attached hydrogens (tertiary/aromatic N) is 4. The first-order chi connectivity index (χ1) is 15.5. The normalized spacial score (nSPS) is 16.4.